The summed E-state index contributed by atoms with van der Waals surface area (Å²) in [6.45, 7) is 0.0929. The summed E-state index contributed by atoms with van der Waals surface area (Å²) in [6.07, 6.45) is 1.87. The van der Waals surface area contributed by atoms with Gasteiger partial charge in [0, 0.05) is 20.0 Å². The Bertz CT molecular complexity index is 769. The van der Waals surface area contributed by atoms with Gasteiger partial charge < -0.3 is 18.5 Å². The van der Waals surface area contributed by atoms with Crippen LogP contribution >= 0.6 is 0 Å². The monoisotopic (exact) mass is 348 g/mol. The molecule has 10 heteroatoms. The molecule has 0 unspecified atom stereocenters. The van der Waals surface area contributed by atoms with Crippen molar-refractivity contribution in [1.82, 2.24) is 20.0 Å². The molecule has 0 aliphatic carbocycles. The van der Waals surface area contributed by atoms with Gasteiger partial charge in [0.15, 0.2) is 12.4 Å². The largest absolute Gasteiger partial charge is 0.459 e. The predicted octanol–water partition coefficient (Wildman–Crippen LogP) is 1.05. The van der Waals surface area contributed by atoms with E-state index in [0.717, 1.165) is 4.90 Å². The Morgan fingerprint density at radius 3 is 2.88 bits per heavy atom. The van der Waals surface area contributed by atoms with Crippen molar-refractivity contribution in [3.05, 3.63) is 24.3 Å². The zero-order valence-corrected chi connectivity index (χ0v) is 13.5. The van der Waals surface area contributed by atoms with Gasteiger partial charge in [-0.25, -0.2) is 4.79 Å². The Balaban J connectivity index is 1.40. The minimum absolute atomic E-state index is 0.0679. The van der Waals surface area contributed by atoms with Crippen LogP contribution in [-0.4, -0.2) is 58.0 Å². The molecule has 0 aromatic carbocycles. The smallest absolute Gasteiger partial charge is 0.326 e. The summed E-state index contributed by atoms with van der Waals surface area (Å²) in [5.41, 5.74) is 0. The molecule has 0 saturated carbocycles. The number of likely N-dealkylation sites (N-methyl/N-ethyl adjacent to an activating group) is 1. The fourth-order valence-corrected chi connectivity index (χ4v) is 2.30. The zero-order chi connectivity index (χ0) is 17.8. The van der Waals surface area contributed by atoms with E-state index in [-0.39, 0.29) is 49.8 Å². The van der Waals surface area contributed by atoms with Crippen molar-refractivity contribution in [2.45, 2.75) is 19.4 Å². The molecule has 3 rings (SSSR count). The van der Waals surface area contributed by atoms with Crippen LogP contribution in [0.3, 0.4) is 0 Å². The highest BCUT2D eigenvalue weighted by molar-refractivity contribution is 6.01. The summed E-state index contributed by atoms with van der Waals surface area (Å²) in [5, 5.41) is 7.55. The number of rotatable bonds is 7. The Morgan fingerprint density at radius 1 is 1.36 bits per heavy atom. The first-order valence-electron chi connectivity index (χ1n) is 7.62. The lowest BCUT2D eigenvalue weighted by molar-refractivity contribution is -0.146. The summed E-state index contributed by atoms with van der Waals surface area (Å²) in [6, 6.07) is 3.00. The molecule has 1 aliphatic rings. The molecule has 0 spiro atoms. The van der Waals surface area contributed by atoms with E-state index in [1.165, 1.54) is 11.2 Å². The predicted molar refractivity (Wildman–Crippen MR) is 80.8 cm³/mol. The fourth-order valence-electron chi connectivity index (χ4n) is 2.30. The van der Waals surface area contributed by atoms with Gasteiger partial charge in [-0.1, -0.05) is 0 Å². The first-order chi connectivity index (χ1) is 12.0. The molecule has 1 aliphatic heterocycles. The lowest BCUT2D eigenvalue weighted by Crippen LogP contribution is -2.32. The first-order valence-corrected chi connectivity index (χ1v) is 7.62. The third-order valence-corrected chi connectivity index (χ3v) is 3.55. The topological polar surface area (TPSA) is 119 Å². The number of carbonyl (C=O) groups excluding carboxylic acids is 3. The van der Waals surface area contributed by atoms with E-state index < -0.39 is 5.97 Å². The van der Waals surface area contributed by atoms with Gasteiger partial charge in [-0.15, -0.1) is 10.2 Å². The Labute approximate surface area is 142 Å². The SMILES string of the molecule is CN1CC(=O)N(CCCC(=O)OCc2nnc(-c3ccco3)o2)C1=O. The van der Waals surface area contributed by atoms with E-state index in [9.17, 15) is 14.4 Å². The van der Waals surface area contributed by atoms with Crippen molar-refractivity contribution < 1.29 is 28.0 Å². The van der Waals surface area contributed by atoms with Crippen LogP contribution in [0, 0.1) is 0 Å². The third-order valence-electron chi connectivity index (χ3n) is 3.55. The fraction of sp³-hybridized carbons (Fsp3) is 0.400. The Kier molecular flexibility index (Phi) is 4.78. The molecular formula is C15H16N4O6. The van der Waals surface area contributed by atoms with Crippen LogP contribution in [-0.2, 0) is 20.9 Å². The summed E-state index contributed by atoms with van der Waals surface area (Å²) < 4.78 is 15.5. The lowest BCUT2D eigenvalue weighted by Gasteiger charge is -2.13. The number of hydrogen-bond donors (Lipinski definition) is 0. The number of esters is 1. The maximum Gasteiger partial charge on any atom is 0.326 e. The molecule has 2 aromatic rings. The van der Waals surface area contributed by atoms with Crippen LogP contribution in [0.25, 0.3) is 11.7 Å². The van der Waals surface area contributed by atoms with Gasteiger partial charge in [0.25, 0.3) is 11.8 Å². The van der Waals surface area contributed by atoms with Gasteiger partial charge in [0.2, 0.25) is 5.91 Å². The maximum absolute atomic E-state index is 11.7. The van der Waals surface area contributed by atoms with E-state index in [1.807, 2.05) is 0 Å². The second-order valence-electron chi connectivity index (χ2n) is 5.43. The minimum atomic E-state index is -0.481. The summed E-state index contributed by atoms with van der Waals surface area (Å²) in [4.78, 5) is 37.5. The normalized spacial score (nSPS) is 14.4. The van der Waals surface area contributed by atoms with Crippen molar-refractivity contribution in [2.24, 2.45) is 0 Å². The molecule has 132 valence electrons. The molecule has 0 N–H and O–H groups in total. The maximum atomic E-state index is 11.7. The van der Waals surface area contributed by atoms with Gasteiger partial charge >= 0.3 is 12.0 Å². The van der Waals surface area contributed by atoms with Crippen LogP contribution in [0.2, 0.25) is 0 Å². The number of ether oxygens (including phenoxy) is 1. The molecule has 1 saturated heterocycles. The van der Waals surface area contributed by atoms with Crippen molar-refractivity contribution in [3.63, 3.8) is 0 Å². The summed E-state index contributed by atoms with van der Waals surface area (Å²) >= 11 is 0. The van der Waals surface area contributed by atoms with E-state index in [0.29, 0.717) is 12.2 Å². The van der Waals surface area contributed by atoms with Crippen LogP contribution in [0.15, 0.2) is 27.2 Å². The standard InChI is InChI=1S/C15H16N4O6/c1-18-8-12(20)19(15(18)22)6-2-5-13(21)24-9-11-16-17-14(25-11)10-4-3-7-23-10/h3-4,7H,2,5-6,8-9H2,1H3. The highest BCUT2D eigenvalue weighted by atomic mass is 16.5. The van der Waals surface area contributed by atoms with Crippen LogP contribution in [0.1, 0.15) is 18.7 Å². The average Bonchev–Trinajstić information content (AvgIpc) is 3.30. The number of carbonyl (C=O) groups is 3. The van der Waals surface area contributed by atoms with Gasteiger partial charge in [-0.05, 0) is 18.6 Å². The molecule has 3 amide bonds. The Morgan fingerprint density at radius 2 is 2.20 bits per heavy atom. The molecule has 0 bridgehead atoms. The first kappa shape index (κ1) is 16.7. The number of amides is 3. The van der Waals surface area contributed by atoms with Gasteiger partial charge in [-0.3, -0.25) is 14.5 Å². The van der Waals surface area contributed by atoms with Crippen molar-refractivity contribution in [1.29, 1.82) is 0 Å². The van der Waals surface area contributed by atoms with Gasteiger partial charge in [0.05, 0.1) is 6.26 Å². The van der Waals surface area contributed by atoms with E-state index in [4.69, 9.17) is 13.6 Å². The van der Waals surface area contributed by atoms with E-state index >= 15 is 0 Å². The molecule has 0 radical (unpaired) electrons. The van der Waals surface area contributed by atoms with Crippen molar-refractivity contribution in [2.75, 3.05) is 20.1 Å². The molecule has 2 aromatic heterocycles. The summed E-state index contributed by atoms with van der Waals surface area (Å²) in [5.74, 6) is 0.0230. The van der Waals surface area contributed by atoms with Crippen LogP contribution in [0.4, 0.5) is 4.79 Å². The molecule has 1 fully saturated rings. The minimum Gasteiger partial charge on any atom is -0.459 e. The highest BCUT2D eigenvalue weighted by Crippen LogP contribution is 2.18. The average molecular weight is 348 g/mol. The number of hydrogen-bond acceptors (Lipinski definition) is 8. The molecule has 0 atom stereocenters. The lowest BCUT2D eigenvalue weighted by atomic mass is 10.3. The van der Waals surface area contributed by atoms with Crippen LogP contribution in [0.5, 0.6) is 0 Å². The zero-order valence-electron chi connectivity index (χ0n) is 13.5. The number of aromatic nitrogens is 2. The van der Waals surface area contributed by atoms with Crippen molar-refractivity contribution in [3.8, 4) is 11.7 Å². The quantitative estimate of drug-likeness (QED) is 0.538. The second kappa shape index (κ2) is 7.16. The van der Waals surface area contributed by atoms with E-state index in [1.54, 1.807) is 19.2 Å². The Hall–Kier alpha value is -3.17. The molecule has 10 nitrogen and oxygen atoms in total. The van der Waals surface area contributed by atoms with E-state index in [2.05, 4.69) is 10.2 Å². The second-order valence-corrected chi connectivity index (χ2v) is 5.43. The highest BCUT2D eigenvalue weighted by Gasteiger charge is 2.32. The number of nitrogens with zero attached hydrogens (tertiary/aromatic N) is 4. The number of furan rings is 1. The van der Waals surface area contributed by atoms with Gasteiger partial charge in [-0.2, -0.15) is 0 Å². The van der Waals surface area contributed by atoms with Crippen LogP contribution < -0.4 is 0 Å². The third kappa shape index (κ3) is 3.84. The van der Waals surface area contributed by atoms with Gasteiger partial charge in [0.1, 0.15) is 6.54 Å². The van der Waals surface area contributed by atoms with Crippen molar-refractivity contribution >= 4 is 17.9 Å². The molecule has 3 heterocycles. The number of imide groups is 1. The molecule has 25 heavy (non-hydrogen) atoms. The number of urea groups is 1. The summed E-state index contributed by atoms with van der Waals surface area (Å²) in [7, 11) is 1.55. The molecular weight excluding hydrogens is 332 g/mol.